The van der Waals surface area contributed by atoms with Gasteiger partial charge in [0.2, 0.25) is 0 Å². The van der Waals surface area contributed by atoms with Crippen molar-refractivity contribution in [2.45, 2.75) is 13.5 Å². The van der Waals surface area contributed by atoms with E-state index in [-0.39, 0.29) is 0 Å². The second kappa shape index (κ2) is 4.87. The molecular formula is C14H17N3. The minimum Gasteiger partial charge on any atom is -0.384 e. The molecule has 2 rings (SSSR count). The highest BCUT2D eigenvalue weighted by Crippen LogP contribution is 2.17. The maximum atomic E-state index is 5.68. The lowest BCUT2D eigenvalue weighted by atomic mass is 10.1. The normalized spacial score (nSPS) is 10.2. The first-order valence-corrected chi connectivity index (χ1v) is 5.63. The fraction of sp³-hybridized carbons (Fsp3) is 0.214. The zero-order valence-electron chi connectivity index (χ0n) is 10.2. The molecule has 0 saturated heterocycles. The van der Waals surface area contributed by atoms with Crippen molar-refractivity contribution in [1.29, 1.82) is 0 Å². The summed E-state index contributed by atoms with van der Waals surface area (Å²) in [6, 6.07) is 12.4. The molecule has 3 heteroatoms. The molecule has 88 valence electrons. The lowest BCUT2D eigenvalue weighted by molar-refractivity contribution is 0.920. The average Bonchev–Trinajstić information content (AvgIpc) is 2.29. The summed E-state index contributed by atoms with van der Waals surface area (Å²) in [7, 11) is 2.05. The number of nitrogens with zero attached hydrogens (tertiary/aromatic N) is 2. The van der Waals surface area contributed by atoms with Crippen molar-refractivity contribution in [1.82, 2.24) is 4.98 Å². The molecule has 0 atom stereocenters. The van der Waals surface area contributed by atoms with Gasteiger partial charge in [0.05, 0.1) is 0 Å². The third-order valence-electron chi connectivity index (χ3n) is 2.71. The van der Waals surface area contributed by atoms with Gasteiger partial charge in [-0.1, -0.05) is 29.8 Å². The van der Waals surface area contributed by atoms with E-state index in [1.165, 1.54) is 11.1 Å². The first kappa shape index (κ1) is 11.5. The Labute approximate surface area is 102 Å². The lowest BCUT2D eigenvalue weighted by Crippen LogP contribution is -2.16. The van der Waals surface area contributed by atoms with E-state index in [9.17, 15) is 0 Å². The Morgan fingerprint density at radius 1 is 1.24 bits per heavy atom. The smallest absolute Gasteiger partial charge is 0.125 e. The van der Waals surface area contributed by atoms with Gasteiger partial charge in [-0.3, -0.25) is 0 Å². The summed E-state index contributed by atoms with van der Waals surface area (Å²) < 4.78 is 0. The van der Waals surface area contributed by atoms with Gasteiger partial charge in [0.25, 0.3) is 0 Å². The quantitative estimate of drug-likeness (QED) is 0.876. The van der Waals surface area contributed by atoms with Gasteiger partial charge >= 0.3 is 0 Å². The molecule has 0 unspecified atom stereocenters. The summed E-state index contributed by atoms with van der Waals surface area (Å²) in [5.74, 6) is 0.554. The molecule has 0 saturated carbocycles. The zero-order valence-corrected chi connectivity index (χ0v) is 10.2. The summed E-state index contributed by atoms with van der Waals surface area (Å²) in [6.07, 6.45) is 1.73. The Kier molecular flexibility index (Phi) is 3.28. The Morgan fingerprint density at radius 2 is 2.06 bits per heavy atom. The molecule has 0 fully saturated rings. The molecule has 0 aliphatic rings. The highest BCUT2D eigenvalue weighted by molar-refractivity contribution is 5.51. The number of hydrogen-bond donors (Lipinski definition) is 1. The van der Waals surface area contributed by atoms with Gasteiger partial charge in [0.15, 0.2) is 0 Å². The van der Waals surface area contributed by atoms with E-state index in [1.54, 1.807) is 6.20 Å². The van der Waals surface area contributed by atoms with Crippen molar-refractivity contribution in [2.24, 2.45) is 0 Å². The first-order valence-electron chi connectivity index (χ1n) is 5.63. The number of nitrogen functional groups attached to an aromatic ring is 1. The van der Waals surface area contributed by atoms with Crippen LogP contribution in [0, 0.1) is 6.92 Å². The van der Waals surface area contributed by atoms with Crippen LogP contribution in [0.4, 0.5) is 11.5 Å². The molecule has 2 N–H and O–H groups in total. The predicted octanol–water partition coefficient (Wildman–Crippen LogP) is 2.61. The maximum absolute atomic E-state index is 5.68. The zero-order chi connectivity index (χ0) is 12.3. The van der Waals surface area contributed by atoms with E-state index in [1.807, 2.05) is 12.1 Å². The number of nitrogens with two attached hydrogens (primary N) is 1. The summed E-state index contributed by atoms with van der Waals surface area (Å²) in [5.41, 5.74) is 9.34. The van der Waals surface area contributed by atoms with E-state index < -0.39 is 0 Å². The molecule has 17 heavy (non-hydrogen) atoms. The van der Waals surface area contributed by atoms with Gasteiger partial charge in [-0.05, 0) is 18.6 Å². The van der Waals surface area contributed by atoms with Crippen LogP contribution in [0.25, 0.3) is 0 Å². The fourth-order valence-electron chi connectivity index (χ4n) is 1.85. The van der Waals surface area contributed by atoms with Crippen LogP contribution in [0.1, 0.15) is 11.1 Å². The van der Waals surface area contributed by atoms with Crippen LogP contribution < -0.4 is 10.6 Å². The highest BCUT2D eigenvalue weighted by atomic mass is 15.1. The van der Waals surface area contributed by atoms with Crippen molar-refractivity contribution in [3.8, 4) is 0 Å². The molecule has 0 bridgehead atoms. The fourth-order valence-corrected chi connectivity index (χ4v) is 1.85. The van der Waals surface area contributed by atoms with Gasteiger partial charge < -0.3 is 10.6 Å². The highest BCUT2D eigenvalue weighted by Gasteiger charge is 2.02. The van der Waals surface area contributed by atoms with Crippen LogP contribution in [0.3, 0.4) is 0 Å². The van der Waals surface area contributed by atoms with Gasteiger partial charge in [0.1, 0.15) is 5.82 Å². The number of aryl methyl sites for hydroxylation is 1. The van der Waals surface area contributed by atoms with E-state index in [2.05, 4.69) is 48.1 Å². The second-order valence-electron chi connectivity index (χ2n) is 4.28. The number of anilines is 2. The van der Waals surface area contributed by atoms with Crippen molar-refractivity contribution in [2.75, 3.05) is 17.7 Å². The number of aromatic nitrogens is 1. The molecule has 1 heterocycles. The summed E-state index contributed by atoms with van der Waals surface area (Å²) in [4.78, 5) is 6.15. The number of pyridine rings is 1. The molecule has 2 aromatic rings. The number of hydrogen-bond acceptors (Lipinski definition) is 3. The summed E-state index contributed by atoms with van der Waals surface area (Å²) in [5, 5.41) is 0. The van der Waals surface area contributed by atoms with Crippen LogP contribution >= 0.6 is 0 Å². The van der Waals surface area contributed by atoms with E-state index in [0.29, 0.717) is 5.82 Å². The van der Waals surface area contributed by atoms with Gasteiger partial charge in [-0.2, -0.15) is 0 Å². The molecule has 0 radical (unpaired) electrons. The maximum Gasteiger partial charge on any atom is 0.125 e. The van der Waals surface area contributed by atoms with Crippen molar-refractivity contribution in [3.63, 3.8) is 0 Å². The SMILES string of the molecule is Cc1cccc(CN(C)c2ccnc(N)c2)c1. The molecule has 0 aliphatic heterocycles. The third kappa shape index (κ3) is 2.97. The molecule has 0 amide bonds. The third-order valence-corrected chi connectivity index (χ3v) is 2.71. The monoisotopic (exact) mass is 227 g/mol. The Bertz CT molecular complexity index is 508. The van der Waals surface area contributed by atoms with Gasteiger partial charge in [-0.15, -0.1) is 0 Å². The number of benzene rings is 1. The topological polar surface area (TPSA) is 42.2 Å². The van der Waals surface area contributed by atoms with E-state index in [0.717, 1.165) is 12.2 Å². The molecule has 1 aromatic heterocycles. The molecule has 1 aromatic carbocycles. The van der Waals surface area contributed by atoms with Crippen LogP contribution in [-0.4, -0.2) is 12.0 Å². The molecule has 0 spiro atoms. The number of rotatable bonds is 3. The predicted molar refractivity (Wildman–Crippen MR) is 71.9 cm³/mol. The Hall–Kier alpha value is -2.03. The lowest BCUT2D eigenvalue weighted by Gasteiger charge is -2.19. The van der Waals surface area contributed by atoms with Gasteiger partial charge in [0, 0.05) is 31.5 Å². The van der Waals surface area contributed by atoms with E-state index in [4.69, 9.17) is 5.73 Å². The molecular weight excluding hydrogens is 210 g/mol. The summed E-state index contributed by atoms with van der Waals surface area (Å²) in [6.45, 7) is 2.97. The largest absolute Gasteiger partial charge is 0.384 e. The minimum atomic E-state index is 0.554. The Balaban J connectivity index is 2.14. The standard InChI is InChI=1S/C14H17N3/c1-11-4-3-5-12(8-11)10-17(2)13-6-7-16-14(15)9-13/h3-9H,10H2,1-2H3,(H2,15,16). The van der Waals surface area contributed by atoms with Crippen LogP contribution in [0.15, 0.2) is 42.6 Å². The van der Waals surface area contributed by atoms with Crippen molar-refractivity contribution < 1.29 is 0 Å². The molecule has 3 nitrogen and oxygen atoms in total. The van der Waals surface area contributed by atoms with E-state index >= 15 is 0 Å². The first-order chi connectivity index (χ1) is 8.15. The second-order valence-corrected chi connectivity index (χ2v) is 4.28. The van der Waals surface area contributed by atoms with Crippen molar-refractivity contribution >= 4 is 11.5 Å². The van der Waals surface area contributed by atoms with Crippen LogP contribution in [0.2, 0.25) is 0 Å². The minimum absolute atomic E-state index is 0.554. The van der Waals surface area contributed by atoms with Crippen molar-refractivity contribution in [3.05, 3.63) is 53.7 Å². The van der Waals surface area contributed by atoms with Crippen LogP contribution in [0.5, 0.6) is 0 Å². The Morgan fingerprint density at radius 3 is 2.76 bits per heavy atom. The molecule has 0 aliphatic carbocycles. The summed E-state index contributed by atoms with van der Waals surface area (Å²) >= 11 is 0. The van der Waals surface area contributed by atoms with Gasteiger partial charge in [-0.25, -0.2) is 4.98 Å². The average molecular weight is 227 g/mol. The van der Waals surface area contributed by atoms with Crippen LogP contribution in [-0.2, 0) is 6.54 Å².